The lowest BCUT2D eigenvalue weighted by Gasteiger charge is -2.06. The number of benzene rings is 2. The lowest BCUT2D eigenvalue weighted by molar-refractivity contribution is 0.747. The lowest BCUT2D eigenvalue weighted by Crippen LogP contribution is -2.16. The molecule has 0 aromatic heterocycles. The van der Waals surface area contributed by atoms with Crippen molar-refractivity contribution >= 4 is 10.8 Å². The van der Waals surface area contributed by atoms with Crippen LogP contribution >= 0.6 is 0 Å². The molecule has 0 fully saturated rings. The van der Waals surface area contributed by atoms with Gasteiger partial charge < -0.3 is 5.32 Å². The van der Waals surface area contributed by atoms with E-state index in [1.165, 1.54) is 16.3 Å². The van der Waals surface area contributed by atoms with Crippen LogP contribution < -0.4 is 5.32 Å². The van der Waals surface area contributed by atoms with Gasteiger partial charge in [-0.1, -0.05) is 48.5 Å². The molecule has 82 valence electrons. The summed E-state index contributed by atoms with van der Waals surface area (Å²) in [5, 5.41) is 6.02. The van der Waals surface area contributed by atoms with Gasteiger partial charge in [-0.2, -0.15) is 0 Å². The monoisotopic (exact) mass is 211 g/mol. The predicted octanol–water partition coefficient (Wildman–Crippen LogP) is 3.16. The first kappa shape index (κ1) is 10.9. The van der Waals surface area contributed by atoms with Gasteiger partial charge in [0, 0.05) is 6.54 Å². The van der Waals surface area contributed by atoms with Crippen LogP contribution in [0.5, 0.6) is 0 Å². The first-order valence-electron chi connectivity index (χ1n) is 5.70. The molecular weight excluding hydrogens is 194 g/mol. The molecule has 0 amide bonds. The largest absolute Gasteiger partial charge is 0.313 e. The number of rotatable bonds is 5. The summed E-state index contributed by atoms with van der Waals surface area (Å²) in [5.74, 6) is 0. The summed E-state index contributed by atoms with van der Waals surface area (Å²) in [6, 6.07) is 15.0. The van der Waals surface area contributed by atoms with E-state index in [1.54, 1.807) is 0 Å². The van der Waals surface area contributed by atoms with Crippen molar-refractivity contribution in [3.63, 3.8) is 0 Å². The molecule has 2 rings (SSSR count). The van der Waals surface area contributed by atoms with Crippen LogP contribution in [0.15, 0.2) is 55.1 Å². The molecule has 2 aromatic carbocycles. The normalized spacial score (nSPS) is 10.5. The molecule has 0 atom stereocenters. The Morgan fingerprint density at radius 2 is 1.88 bits per heavy atom. The fourth-order valence-electron chi connectivity index (χ4n) is 1.94. The topological polar surface area (TPSA) is 12.0 Å². The summed E-state index contributed by atoms with van der Waals surface area (Å²) in [4.78, 5) is 0. The third-order valence-electron chi connectivity index (χ3n) is 2.74. The Kier molecular flexibility index (Phi) is 3.73. The fourth-order valence-corrected chi connectivity index (χ4v) is 1.94. The van der Waals surface area contributed by atoms with Crippen molar-refractivity contribution < 1.29 is 0 Å². The number of nitrogens with one attached hydrogen (secondary N) is 1. The van der Waals surface area contributed by atoms with Gasteiger partial charge in [0.15, 0.2) is 0 Å². The van der Waals surface area contributed by atoms with Crippen molar-refractivity contribution in [2.24, 2.45) is 0 Å². The SMILES string of the molecule is C=CCNCCc1cccc2ccccc12. The van der Waals surface area contributed by atoms with Gasteiger partial charge in [-0.3, -0.25) is 0 Å². The van der Waals surface area contributed by atoms with Crippen LogP contribution in [-0.2, 0) is 6.42 Å². The van der Waals surface area contributed by atoms with Gasteiger partial charge in [0.05, 0.1) is 0 Å². The molecule has 0 saturated heterocycles. The molecule has 0 radical (unpaired) electrons. The van der Waals surface area contributed by atoms with Crippen LogP contribution in [-0.4, -0.2) is 13.1 Å². The van der Waals surface area contributed by atoms with Crippen LogP contribution in [0.25, 0.3) is 10.8 Å². The minimum atomic E-state index is 0.880. The molecule has 2 aromatic rings. The molecule has 1 heteroatoms. The van der Waals surface area contributed by atoms with E-state index in [1.807, 2.05) is 6.08 Å². The predicted molar refractivity (Wildman–Crippen MR) is 70.7 cm³/mol. The molecule has 0 saturated carbocycles. The quantitative estimate of drug-likeness (QED) is 0.591. The Morgan fingerprint density at radius 1 is 1.06 bits per heavy atom. The van der Waals surface area contributed by atoms with E-state index in [0.29, 0.717) is 0 Å². The highest BCUT2D eigenvalue weighted by atomic mass is 14.8. The molecule has 1 nitrogen and oxygen atoms in total. The molecule has 16 heavy (non-hydrogen) atoms. The van der Waals surface area contributed by atoms with Gasteiger partial charge in [-0.05, 0) is 29.3 Å². The summed E-state index contributed by atoms with van der Waals surface area (Å²) < 4.78 is 0. The molecule has 1 N–H and O–H groups in total. The van der Waals surface area contributed by atoms with Crippen LogP contribution in [0.1, 0.15) is 5.56 Å². The molecule has 0 aliphatic heterocycles. The highest BCUT2D eigenvalue weighted by molar-refractivity contribution is 5.85. The van der Waals surface area contributed by atoms with E-state index in [4.69, 9.17) is 0 Å². The third-order valence-corrected chi connectivity index (χ3v) is 2.74. The second-order valence-corrected chi connectivity index (χ2v) is 3.88. The molecule has 0 aliphatic rings. The van der Waals surface area contributed by atoms with Gasteiger partial charge in [0.2, 0.25) is 0 Å². The summed E-state index contributed by atoms with van der Waals surface area (Å²) in [6.07, 6.45) is 2.96. The van der Waals surface area contributed by atoms with Gasteiger partial charge >= 0.3 is 0 Å². The Balaban J connectivity index is 2.14. The summed E-state index contributed by atoms with van der Waals surface area (Å²) >= 11 is 0. The maximum atomic E-state index is 3.69. The Morgan fingerprint density at radius 3 is 2.75 bits per heavy atom. The van der Waals surface area contributed by atoms with Crippen molar-refractivity contribution in [3.8, 4) is 0 Å². The smallest absolute Gasteiger partial charge is 0.0132 e. The molecule has 0 unspecified atom stereocenters. The summed E-state index contributed by atoms with van der Waals surface area (Å²) in [5.41, 5.74) is 1.41. The maximum Gasteiger partial charge on any atom is 0.0132 e. The van der Waals surface area contributed by atoms with Gasteiger partial charge in [0.25, 0.3) is 0 Å². The average molecular weight is 211 g/mol. The van der Waals surface area contributed by atoms with E-state index < -0.39 is 0 Å². The van der Waals surface area contributed by atoms with Crippen LogP contribution in [0.4, 0.5) is 0 Å². The zero-order valence-corrected chi connectivity index (χ0v) is 9.45. The second-order valence-electron chi connectivity index (χ2n) is 3.88. The first-order chi connectivity index (χ1) is 7.92. The number of hydrogen-bond donors (Lipinski definition) is 1. The van der Waals surface area contributed by atoms with E-state index in [-0.39, 0.29) is 0 Å². The average Bonchev–Trinajstić information content (AvgIpc) is 2.35. The van der Waals surface area contributed by atoms with Gasteiger partial charge in [-0.15, -0.1) is 6.58 Å². The highest BCUT2D eigenvalue weighted by Gasteiger charge is 1.98. The van der Waals surface area contributed by atoms with Crippen molar-refractivity contribution in [1.29, 1.82) is 0 Å². The molecule has 0 heterocycles. The van der Waals surface area contributed by atoms with E-state index in [2.05, 4.69) is 54.4 Å². The van der Waals surface area contributed by atoms with E-state index >= 15 is 0 Å². The Labute approximate surface area is 96.8 Å². The zero-order chi connectivity index (χ0) is 11.2. The number of fused-ring (bicyclic) bond motifs is 1. The Bertz CT molecular complexity index is 468. The lowest BCUT2D eigenvalue weighted by atomic mass is 10.0. The molecule has 0 bridgehead atoms. The summed E-state index contributed by atoms with van der Waals surface area (Å²) in [7, 11) is 0. The maximum absolute atomic E-state index is 3.69. The first-order valence-corrected chi connectivity index (χ1v) is 5.70. The third kappa shape index (κ3) is 2.50. The van der Waals surface area contributed by atoms with Crippen molar-refractivity contribution in [2.45, 2.75) is 6.42 Å². The van der Waals surface area contributed by atoms with Gasteiger partial charge in [0.1, 0.15) is 0 Å². The minimum Gasteiger partial charge on any atom is -0.313 e. The number of hydrogen-bond acceptors (Lipinski definition) is 1. The summed E-state index contributed by atoms with van der Waals surface area (Å²) in [6.45, 7) is 5.57. The van der Waals surface area contributed by atoms with E-state index in [0.717, 1.165) is 19.5 Å². The molecule has 0 aliphatic carbocycles. The van der Waals surface area contributed by atoms with Crippen molar-refractivity contribution in [3.05, 3.63) is 60.7 Å². The highest BCUT2D eigenvalue weighted by Crippen LogP contribution is 2.18. The molecule has 0 spiro atoms. The molecular formula is C15H17N. The van der Waals surface area contributed by atoms with Crippen LogP contribution in [0.3, 0.4) is 0 Å². The Hall–Kier alpha value is -1.60. The van der Waals surface area contributed by atoms with Gasteiger partial charge in [-0.25, -0.2) is 0 Å². The van der Waals surface area contributed by atoms with E-state index in [9.17, 15) is 0 Å². The standard InChI is InChI=1S/C15H17N/c1-2-11-16-12-10-14-8-5-7-13-6-3-4-9-15(13)14/h2-9,16H,1,10-12H2. The van der Waals surface area contributed by atoms with Crippen LogP contribution in [0.2, 0.25) is 0 Å². The fraction of sp³-hybridized carbons (Fsp3) is 0.200. The second kappa shape index (κ2) is 5.47. The van der Waals surface area contributed by atoms with Crippen LogP contribution in [0, 0.1) is 0 Å². The van der Waals surface area contributed by atoms with Crippen molar-refractivity contribution in [2.75, 3.05) is 13.1 Å². The van der Waals surface area contributed by atoms with Crippen molar-refractivity contribution in [1.82, 2.24) is 5.32 Å². The minimum absolute atomic E-state index is 0.880. The zero-order valence-electron chi connectivity index (χ0n) is 9.45.